The van der Waals surface area contributed by atoms with Gasteiger partial charge in [0, 0.05) is 11.2 Å². The van der Waals surface area contributed by atoms with Gasteiger partial charge < -0.3 is 4.90 Å². The van der Waals surface area contributed by atoms with E-state index in [2.05, 4.69) is 48.5 Å². The number of fused-ring (bicyclic) bond motifs is 1. The van der Waals surface area contributed by atoms with Crippen LogP contribution in [0.2, 0.25) is 0 Å². The lowest BCUT2D eigenvalue weighted by molar-refractivity contribution is 0.358. The molecule has 0 bridgehead atoms. The smallest absolute Gasteiger partial charge is 0.0345 e. The summed E-state index contributed by atoms with van der Waals surface area (Å²) in [6.07, 6.45) is 1.16. The van der Waals surface area contributed by atoms with E-state index in [9.17, 15) is 0 Å². The SMILES string of the molecule is CCN(C)CCc1csc2ccccc12. The minimum atomic E-state index is 1.13. The zero-order valence-electron chi connectivity index (χ0n) is 9.36. The third kappa shape index (κ3) is 2.39. The summed E-state index contributed by atoms with van der Waals surface area (Å²) in [4.78, 5) is 2.35. The van der Waals surface area contributed by atoms with Crippen molar-refractivity contribution in [2.45, 2.75) is 13.3 Å². The van der Waals surface area contributed by atoms with E-state index in [4.69, 9.17) is 0 Å². The highest BCUT2D eigenvalue weighted by atomic mass is 32.1. The lowest BCUT2D eigenvalue weighted by Crippen LogP contribution is -2.20. The van der Waals surface area contributed by atoms with E-state index in [1.807, 2.05) is 11.3 Å². The second kappa shape index (κ2) is 4.77. The fraction of sp³-hybridized carbons (Fsp3) is 0.385. The van der Waals surface area contributed by atoms with Gasteiger partial charge in [-0.2, -0.15) is 0 Å². The van der Waals surface area contributed by atoms with E-state index < -0.39 is 0 Å². The van der Waals surface area contributed by atoms with Crippen LogP contribution in [0.25, 0.3) is 10.1 Å². The molecule has 0 fully saturated rings. The molecule has 1 heterocycles. The molecule has 15 heavy (non-hydrogen) atoms. The fourth-order valence-electron chi connectivity index (χ4n) is 1.70. The van der Waals surface area contributed by atoms with Gasteiger partial charge in [0.25, 0.3) is 0 Å². The fourth-order valence-corrected chi connectivity index (χ4v) is 2.69. The van der Waals surface area contributed by atoms with Crippen molar-refractivity contribution in [3.05, 3.63) is 35.2 Å². The summed E-state index contributed by atoms with van der Waals surface area (Å²) in [7, 11) is 2.18. The Balaban J connectivity index is 2.14. The van der Waals surface area contributed by atoms with E-state index in [-0.39, 0.29) is 0 Å². The number of thiophene rings is 1. The molecule has 1 aromatic carbocycles. The van der Waals surface area contributed by atoms with Gasteiger partial charge in [0.05, 0.1) is 0 Å². The van der Waals surface area contributed by atoms with Gasteiger partial charge in [-0.15, -0.1) is 11.3 Å². The summed E-state index contributed by atoms with van der Waals surface area (Å²) in [5.41, 5.74) is 1.50. The Morgan fingerprint density at radius 1 is 1.27 bits per heavy atom. The van der Waals surface area contributed by atoms with Crippen molar-refractivity contribution >= 4 is 21.4 Å². The Labute approximate surface area is 95.3 Å². The van der Waals surface area contributed by atoms with E-state index >= 15 is 0 Å². The summed E-state index contributed by atoms with van der Waals surface area (Å²) >= 11 is 1.85. The Bertz CT molecular complexity index is 433. The van der Waals surface area contributed by atoms with Crippen LogP contribution in [0.3, 0.4) is 0 Å². The van der Waals surface area contributed by atoms with Gasteiger partial charge in [0.1, 0.15) is 0 Å². The van der Waals surface area contributed by atoms with Crippen molar-refractivity contribution < 1.29 is 0 Å². The predicted molar refractivity (Wildman–Crippen MR) is 68.7 cm³/mol. The van der Waals surface area contributed by atoms with Crippen molar-refractivity contribution in [3.8, 4) is 0 Å². The largest absolute Gasteiger partial charge is 0.306 e. The maximum absolute atomic E-state index is 2.35. The summed E-state index contributed by atoms with van der Waals surface area (Å²) in [5, 5.41) is 3.74. The number of rotatable bonds is 4. The summed E-state index contributed by atoms with van der Waals surface area (Å²) in [6.45, 7) is 4.48. The van der Waals surface area contributed by atoms with Crippen LogP contribution in [0.5, 0.6) is 0 Å². The number of nitrogens with zero attached hydrogens (tertiary/aromatic N) is 1. The number of benzene rings is 1. The zero-order valence-corrected chi connectivity index (χ0v) is 10.2. The minimum absolute atomic E-state index is 1.13. The molecule has 0 saturated heterocycles. The molecule has 1 nitrogen and oxygen atoms in total. The van der Waals surface area contributed by atoms with Gasteiger partial charge in [-0.1, -0.05) is 25.1 Å². The van der Waals surface area contributed by atoms with Gasteiger partial charge in [0.15, 0.2) is 0 Å². The van der Waals surface area contributed by atoms with Gasteiger partial charge in [-0.05, 0) is 42.4 Å². The first-order chi connectivity index (χ1) is 7.31. The normalized spacial score (nSPS) is 11.4. The molecule has 0 spiro atoms. The van der Waals surface area contributed by atoms with Crippen LogP contribution in [-0.4, -0.2) is 25.0 Å². The van der Waals surface area contributed by atoms with Crippen molar-refractivity contribution in [1.29, 1.82) is 0 Å². The zero-order chi connectivity index (χ0) is 10.7. The van der Waals surface area contributed by atoms with Crippen molar-refractivity contribution in [2.75, 3.05) is 20.1 Å². The van der Waals surface area contributed by atoms with Crippen molar-refractivity contribution in [3.63, 3.8) is 0 Å². The molecule has 0 amide bonds. The molecular formula is C13H17NS. The first-order valence-corrected chi connectivity index (χ1v) is 6.33. The van der Waals surface area contributed by atoms with Crippen LogP contribution in [0.1, 0.15) is 12.5 Å². The standard InChI is InChI=1S/C13H17NS/c1-3-14(2)9-8-11-10-15-13-7-5-4-6-12(11)13/h4-7,10H,3,8-9H2,1-2H3. The molecule has 0 aliphatic heterocycles. The topological polar surface area (TPSA) is 3.24 Å². The molecule has 0 saturated carbocycles. The second-order valence-electron chi connectivity index (χ2n) is 3.90. The molecule has 2 rings (SSSR count). The quantitative estimate of drug-likeness (QED) is 0.762. The van der Waals surface area contributed by atoms with Crippen LogP contribution >= 0.6 is 11.3 Å². The average Bonchev–Trinajstić information content (AvgIpc) is 2.69. The summed E-state index contributed by atoms with van der Waals surface area (Å²) in [5.74, 6) is 0. The maximum Gasteiger partial charge on any atom is 0.0345 e. The monoisotopic (exact) mass is 219 g/mol. The number of likely N-dealkylation sites (N-methyl/N-ethyl adjacent to an activating group) is 1. The molecule has 0 atom stereocenters. The number of hydrogen-bond donors (Lipinski definition) is 0. The molecule has 1 aromatic heterocycles. The lowest BCUT2D eigenvalue weighted by atomic mass is 10.1. The third-order valence-corrected chi connectivity index (χ3v) is 3.88. The second-order valence-corrected chi connectivity index (χ2v) is 4.81. The van der Waals surface area contributed by atoms with E-state index in [0.29, 0.717) is 0 Å². The molecule has 0 N–H and O–H groups in total. The third-order valence-electron chi connectivity index (χ3n) is 2.86. The van der Waals surface area contributed by atoms with E-state index in [1.165, 1.54) is 15.6 Å². The van der Waals surface area contributed by atoms with Crippen molar-refractivity contribution in [2.24, 2.45) is 0 Å². The number of hydrogen-bond acceptors (Lipinski definition) is 2. The van der Waals surface area contributed by atoms with E-state index in [1.54, 1.807) is 0 Å². The van der Waals surface area contributed by atoms with Crippen LogP contribution in [0, 0.1) is 0 Å². The molecular weight excluding hydrogens is 202 g/mol. The molecule has 80 valence electrons. The highest BCUT2D eigenvalue weighted by Crippen LogP contribution is 2.25. The highest BCUT2D eigenvalue weighted by Gasteiger charge is 2.03. The Morgan fingerprint density at radius 3 is 2.87 bits per heavy atom. The Hall–Kier alpha value is -0.860. The van der Waals surface area contributed by atoms with Gasteiger partial charge in [-0.3, -0.25) is 0 Å². The molecule has 2 heteroatoms. The maximum atomic E-state index is 2.35. The average molecular weight is 219 g/mol. The van der Waals surface area contributed by atoms with Gasteiger partial charge in [-0.25, -0.2) is 0 Å². The van der Waals surface area contributed by atoms with Crippen LogP contribution < -0.4 is 0 Å². The highest BCUT2D eigenvalue weighted by molar-refractivity contribution is 7.17. The molecule has 2 aromatic rings. The summed E-state index contributed by atoms with van der Waals surface area (Å²) in [6, 6.07) is 8.67. The van der Waals surface area contributed by atoms with Crippen LogP contribution in [-0.2, 0) is 6.42 Å². The molecule has 0 unspecified atom stereocenters. The van der Waals surface area contributed by atoms with Crippen molar-refractivity contribution in [1.82, 2.24) is 4.90 Å². The molecule has 0 aliphatic carbocycles. The minimum Gasteiger partial charge on any atom is -0.306 e. The lowest BCUT2D eigenvalue weighted by Gasteiger charge is -2.12. The first-order valence-electron chi connectivity index (χ1n) is 5.45. The summed E-state index contributed by atoms with van der Waals surface area (Å²) < 4.78 is 1.41. The molecule has 0 aliphatic rings. The van der Waals surface area contributed by atoms with Crippen LogP contribution in [0.4, 0.5) is 0 Å². The van der Waals surface area contributed by atoms with Gasteiger partial charge in [0.2, 0.25) is 0 Å². The Kier molecular flexibility index (Phi) is 3.39. The Morgan fingerprint density at radius 2 is 2.07 bits per heavy atom. The predicted octanol–water partition coefficient (Wildman–Crippen LogP) is 3.40. The molecule has 0 radical (unpaired) electrons. The van der Waals surface area contributed by atoms with Crippen LogP contribution in [0.15, 0.2) is 29.6 Å². The first kappa shape index (κ1) is 10.7. The van der Waals surface area contributed by atoms with Gasteiger partial charge >= 0.3 is 0 Å². The van der Waals surface area contributed by atoms with E-state index in [0.717, 1.165) is 19.5 Å².